The molecule has 2 aliphatic carbocycles. The van der Waals surface area contributed by atoms with Gasteiger partial charge in [0, 0.05) is 30.2 Å². The van der Waals surface area contributed by atoms with Gasteiger partial charge in [-0.1, -0.05) is 61.8 Å². The normalized spacial score (nSPS) is 27.1. The Morgan fingerprint density at radius 3 is 2.53 bits per heavy atom. The van der Waals surface area contributed by atoms with Crippen molar-refractivity contribution in [3.63, 3.8) is 0 Å². The SMILES string of the molecule is C=CCN1C(=O)C2=C(/C=C/CC1(C)S(C)(=O)=O)c1ccccc1CC21CCCCC1. The van der Waals surface area contributed by atoms with E-state index < -0.39 is 14.7 Å². The number of carbonyl (C=O) groups is 1. The van der Waals surface area contributed by atoms with E-state index >= 15 is 0 Å². The van der Waals surface area contributed by atoms with Crippen molar-refractivity contribution in [3.8, 4) is 0 Å². The summed E-state index contributed by atoms with van der Waals surface area (Å²) in [6, 6.07) is 8.35. The van der Waals surface area contributed by atoms with Crippen LogP contribution in [0.3, 0.4) is 0 Å². The lowest BCUT2D eigenvalue weighted by Crippen LogP contribution is -2.57. The second-order valence-corrected chi connectivity index (χ2v) is 11.6. The van der Waals surface area contributed by atoms with E-state index in [-0.39, 0.29) is 24.3 Å². The Hall–Kier alpha value is -2.14. The molecular weight excluding hydrogens is 394 g/mol. The minimum Gasteiger partial charge on any atom is -0.315 e. The average molecular weight is 426 g/mol. The molecule has 4 rings (SSSR count). The predicted octanol–water partition coefficient (Wildman–Crippen LogP) is 4.68. The molecule has 30 heavy (non-hydrogen) atoms. The van der Waals surface area contributed by atoms with Crippen LogP contribution in [0.1, 0.15) is 56.6 Å². The van der Waals surface area contributed by atoms with Gasteiger partial charge in [-0.3, -0.25) is 4.79 Å². The third kappa shape index (κ3) is 3.18. The van der Waals surface area contributed by atoms with E-state index in [2.05, 4.69) is 24.8 Å². The fourth-order valence-corrected chi connectivity index (χ4v) is 6.55. The van der Waals surface area contributed by atoms with Gasteiger partial charge in [0.05, 0.1) is 0 Å². The van der Waals surface area contributed by atoms with E-state index in [9.17, 15) is 13.2 Å². The lowest BCUT2D eigenvalue weighted by Gasteiger charge is -2.48. The number of hydrogen-bond donors (Lipinski definition) is 0. The van der Waals surface area contributed by atoms with Crippen LogP contribution in [0.2, 0.25) is 0 Å². The van der Waals surface area contributed by atoms with Gasteiger partial charge in [0.2, 0.25) is 0 Å². The molecule has 1 aliphatic heterocycles. The highest BCUT2D eigenvalue weighted by Gasteiger charge is 2.50. The van der Waals surface area contributed by atoms with E-state index in [1.54, 1.807) is 17.9 Å². The third-order valence-electron chi connectivity index (χ3n) is 7.37. The van der Waals surface area contributed by atoms with Crippen molar-refractivity contribution in [3.05, 3.63) is 65.8 Å². The number of nitrogens with zero attached hydrogens (tertiary/aromatic N) is 1. The van der Waals surface area contributed by atoms with E-state index in [1.807, 2.05) is 18.2 Å². The van der Waals surface area contributed by atoms with Crippen LogP contribution in [0.4, 0.5) is 0 Å². The topological polar surface area (TPSA) is 54.5 Å². The van der Waals surface area contributed by atoms with Crippen LogP contribution in [0.5, 0.6) is 0 Å². The molecule has 0 N–H and O–H groups in total. The van der Waals surface area contributed by atoms with Gasteiger partial charge in [-0.15, -0.1) is 6.58 Å². The molecule has 1 spiro atoms. The number of benzene rings is 1. The summed E-state index contributed by atoms with van der Waals surface area (Å²) in [6.45, 7) is 5.70. The molecule has 1 unspecified atom stereocenters. The lowest BCUT2D eigenvalue weighted by molar-refractivity contribution is -0.131. The summed E-state index contributed by atoms with van der Waals surface area (Å²) in [5.41, 5.74) is 3.97. The Morgan fingerprint density at radius 2 is 1.87 bits per heavy atom. The number of fused-ring (bicyclic) bond motifs is 3. The molecule has 0 aromatic heterocycles. The van der Waals surface area contributed by atoms with E-state index in [4.69, 9.17) is 0 Å². The van der Waals surface area contributed by atoms with Crippen molar-refractivity contribution in [1.82, 2.24) is 4.90 Å². The van der Waals surface area contributed by atoms with Crippen molar-refractivity contribution in [2.45, 2.75) is 56.7 Å². The molecule has 160 valence electrons. The molecule has 5 heteroatoms. The third-order valence-corrected chi connectivity index (χ3v) is 9.35. The molecule has 0 bridgehead atoms. The number of hydrogen-bond acceptors (Lipinski definition) is 3. The first-order chi connectivity index (χ1) is 14.2. The summed E-state index contributed by atoms with van der Waals surface area (Å²) in [5.74, 6) is -0.140. The van der Waals surface area contributed by atoms with Crippen molar-refractivity contribution in [2.24, 2.45) is 5.41 Å². The van der Waals surface area contributed by atoms with Crippen molar-refractivity contribution >= 4 is 21.3 Å². The highest BCUT2D eigenvalue weighted by molar-refractivity contribution is 7.92. The Bertz CT molecular complexity index is 1040. The maximum atomic E-state index is 14.2. The quantitative estimate of drug-likeness (QED) is 0.661. The van der Waals surface area contributed by atoms with Gasteiger partial charge in [0.1, 0.15) is 4.87 Å². The van der Waals surface area contributed by atoms with Crippen LogP contribution in [-0.4, -0.2) is 36.9 Å². The number of carbonyl (C=O) groups excluding carboxylic acids is 1. The minimum absolute atomic E-state index is 0.140. The molecule has 1 heterocycles. The predicted molar refractivity (Wildman–Crippen MR) is 121 cm³/mol. The van der Waals surface area contributed by atoms with Gasteiger partial charge in [0.15, 0.2) is 9.84 Å². The fourth-order valence-electron chi connectivity index (χ4n) is 5.59. The first-order valence-corrected chi connectivity index (χ1v) is 12.7. The zero-order valence-corrected chi connectivity index (χ0v) is 18.8. The largest absolute Gasteiger partial charge is 0.315 e. The van der Waals surface area contributed by atoms with Crippen LogP contribution in [0.15, 0.2) is 54.6 Å². The Morgan fingerprint density at radius 1 is 1.17 bits per heavy atom. The molecule has 1 amide bonds. The summed E-state index contributed by atoms with van der Waals surface area (Å²) in [7, 11) is -3.53. The molecule has 0 radical (unpaired) electrons. The molecule has 3 aliphatic rings. The van der Waals surface area contributed by atoms with Gasteiger partial charge in [-0.25, -0.2) is 8.42 Å². The zero-order chi connectivity index (χ0) is 21.6. The molecule has 1 fully saturated rings. The summed E-state index contributed by atoms with van der Waals surface area (Å²) in [5, 5.41) is 0. The molecule has 4 nitrogen and oxygen atoms in total. The van der Waals surface area contributed by atoms with Crippen molar-refractivity contribution < 1.29 is 13.2 Å². The smallest absolute Gasteiger partial charge is 0.252 e. The standard InChI is InChI=1S/C25H31NO3S/c1-4-17-26-23(27)22-21(13-10-14-24(26,2)30(3,28)29)20-12-7-6-11-19(20)18-25(22)15-8-5-9-16-25/h4,6-7,10-13H,1,5,8-9,14-18H2,2-3H3/b13-10+. The second-order valence-electron chi connectivity index (χ2n) is 9.22. The fraction of sp³-hybridized carbons (Fsp3) is 0.480. The molecule has 0 saturated heterocycles. The van der Waals surface area contributed by atoms with Crippen LogP contribution >= 0.6 is 0 Å². The highest BCUT2D eigenvalue weighted by atomic mass is 32.2. The van der Waals surface area contributed by atoms with Gasteiger partial charge in [0.25, 0.3) is 5.91 Å². The minimum atomic E-state index is -3.53. The lowest BCUT2D eigenvalue weighted by atomic mass is 9.60. The van der Waals surface area contributed by atoms with Gasteiger partial charge >= 0.3 is 0 Å². The van der Waals surface area contributed by atoms with Crippen molar-refractivity contribution in [1.29, 1.82) is 0 Å². The van der Waals surface area contributed by atoms with Gasteiger partial charge in [-0.05, 0) is 42.9 Å². The van der Waals surface area contributed by atoms with Crippen molar-refractivity contribution in [2.75, 3.05) is 12.8 Å². The number of rotatable bonds is 3. The second kappa shape index (κ2) is 7.52. The Kier molecular flexibility index (Phi) is 5.29. The van der Waals surface area contributed by atoms with E-state index in [1.165, 1.54) is 18.2 Å². The average Bonchev–Trinajstić information content (AvgIpc) is 2.70. The van der Waals surface area contributed by atoms with Crippen LogP contribution in [0, 0.1) is 5.41 Å². The first kappa shape index (κ1) is 21.1. The molecule has 1 aromatic carbocycles. The summed E-state index contributed by atoms with van der Waals surface area (Å²) < 4.78 is 25.7. The molecular formula is C25H31NO3S. The van der Waals surface area contributed by atoms with Crippen LogP contribution in [0.25, 0.3) is 5.57 Å². The highest BCUT2D eigenvalue weighted by Crippen LogP contribution is 2.53. The maximum absolute atomic E-state index is 14.2. The van der Waals surface area contributed by atoms with Crippen LogP contribution in [-0.2, 0) is 21.1 Å². The van der Waals surface area contributed by atoms with Crippen LogP contribution < -0.4 is 0 Å². The number of sulfone groups is 1. The summed E-state index contributed by atoms with van der Waals surface area (Å²) in [4.78, 5) is 14.5. The maximum Gasteiger partial charge on any atom is 0.252 e. The molecule has 1 aromatic rings. The molecule has 1 atom stereocenters. The Labute approximate surface area is 180 Å². The molecule has 1 saturated carbocycles. The first-order valence-electron chi connectivity index (χ1n) is 10.9. The van der Waals surface area contributed by atoms with E-state index in [0.29, 0.717) is 0 Å². The number of allylic oxidation sites excluding steroid dienone is 2. The van der Waals surface area contributed by atoms with Gasteiger partial charge < -0.3 is 4.90 Å². The van der Waals surface area contributed by atoms with E-state index in [0.717, 1.165) is 48.8 Å². The Balaban J connectivity index is 1.98. The monoisotopic (exact) mass is 425 g/mol. The summed E-state index contributed by atoms with van der Waals surface area (Å²) >= 11 is 0. The van der Waals surface area contributed by atoms with Gasteiger partial charge in [-0.2, -0.15) is 0 Å². The summed E-state index contributed by atoms with van der Waals surface area (Å²) in [6.07, 6.45) is 13.2. The number of amides is 1. The zero-order valence-electron chi connectivity index (χ0n) is 18.0.